The van der Waals surface area contributed by atoms with Crippen LogP contribution in [-0.4, -0.2) is 17.8 Å². The third-order valence-electron chi connectivity index (χ3n) is 2.44. The van der Waals surface area contributed by atoms with E-state index in [4.69, 9.17) is 0 Å². The van der Waals surface area contributed by atoms with Crippen molar-refractivity contribution in [3.05, 3.63) is 34.1 Å². The van der Waals surface area contributed by atoms with Crippen molar-refractivity contribution < 1.29 is 9.50 Å². The van der Waals surface area contributed by atoms with E-state index in [0.29, 0.717) is 17.6 Å². The van der Waals surface area contributed by atoms with Gasteiger partial charge in [-0.1, -0.05) is 19.9 Å². The maximum absolute atomic E-state index is 12.9. The van der Waals surface area contributed by atoms with Gasteiger partial charge in [-0.25, -0.2) is 4.39 Å². The molecule has 2 nitrogen and oxygen atoms in total. The highest BCUT2D eigenvalue weighted by Crippen LogP contribution is 2.16. The molecule has 90 valence electrons. The van der Waals surface area contributed by atoms with Crippen LogP contribution in [0.15, 0.2) is 22.7 Å². The van der Waals surface area contributed by atoms with E-state index in [2.05, 4.69) is 21.2 Å². The Hall–Kier alpha value is -0.450. The summed E-state index contributed by atoms with van der Waals surface area (Å²) in [4.78, 5) is 0. The molecule has 0 aliphatic heterocycles. The van der Waals surface area contributed by atoms with E-state index in [9.17, 15) is 9.50 Å². The van der Waals surface area contributed by atoms with Crippen LogP contribution in [0.5, 0.6) is 0 Å². The van der Waals surface area contributed by atoms with Crippen molar-refractivity contribution in [2.75, 3.05) is 6.54 Å². The molecule has 0 saturated carbocycles. The minimum absolute atomic E-state index is 0.243. The lowest BCUT2D eigenvalue weighted by Gasteiger charge is -2.15. The van der Waals surface area contributed by atoms with Gasteiger partial charge < -0.3 is 10.4 Å². The van der Waals surface area contributed by atoms with E-state index in [0.717, 1.165) is 5.56 Å². The minimum Gasteiger partial charge on any atom is -0.392 e. The monoisotopic (exact) mass is 289 g/mol. The Morgan fingerprint density at radius 2 is 2.12 bits per heavy atom. The average Bonchev–Trinajstić information content (AvgIpc) is 2.23. The van der Waals surface area contributed by atoms with Crippen LogP contribution in [-0.2, 0) is 6.54 Å². The number of aliphatic hydroxyl groups is 1. The van der Waals surface area contributed by atoms with Gasteiger partial charge in [-0.15, -0.1) is 0 Å². The molecule has 16 heavy (non-hydrogen) atoms. The molecule has 0 spiro atoms. The van der Waals surface area contributed by atoms with Gasteiger partial charge in [0.25, 0.3) is 0 Å². The quantitative estimate of drug-likeness (QED) is 0.874. The molecule has 1 unspecified atom stereocenters. The van der Waals surface area contributed by atoms with E-state index in [1.165, 1.54) is 6.07 Å². The Kier molecular flexibility index (Phi) is 5.38. The predicted octanol–water partition coefficient (Wildman–Crippen LogP) is 2.69. The van der Waals surface area contributed by atoms with Crippen molar-refractivity contribution in [1.29, 1.82) is 0 Å². The summed E-state index contributed by atoms with van der Waals surface area (Å²) in [5.41, 5.74) is 0.990. The summed E-state index contributed by atoms with van der Waals surface area (Å²) in [5.74, 6) is -0.0154. The van der Waals surface area contributed by atoms with E-state index in [1.807, 2.05) is 13.8 Å². The summed E-state index contributed by atoms with van der Waals surface area (Å²) < 4.78 is 13.4. The van der Waals surface area contributed by atoms with Crippen LogP contribution in [0.1, 0.15) is 19.4 Å². The van der Waals surface area contributed by atoms with Crippen LogP contribution < -0.4 is 5.32 Å². The van der Waals surface area contributed by atoms with Gasteiger partial charge in [0.2, 0.25) is 0 Å². The molecule has 1 atom stereocenters. The van der Waals surface area contributed by atoms with E-state index >= 15 is 0 Å². The van der Waals surface area contributed by atoms with Crippen molar-refractivity contribution in [3.63, 3.8) is 0 Å². The average molecular weight is 290 g/mol. The highest BCUT2D eigenvalue weighted by molar-refractivity contribution is 9.10. The summed E-state index contributed by atoms with van der Waals surface area (Å²) in [5, 5.41) is 12.7. The summed E-state index contributed by atoms with van der Waals surface area (Å²) in [7, 11) is 0. The zero-order valence-electron chi connectivity index (χ0n) is 9.50. The van der Waals surface area contributed by atoms with Gasteiger partial charge in [0.15, 0.2) is 0 Å². The number of hydrogen-bond acceptors (Lipinski definition) is 2. The second kappa shape index (κ2) is 6.33. The second-order valence-corrected chi connectivity index (χ2v) is 5.05. The highest BCUT2D eigenvalue weighted by Gasteiger charge is 2.08. The lowest BCUT2D eigenvalue weighted by molar-refractivity contribution is 0.123. The Morgan fingerprint density at radius 3 is 2.69 bits per heavy atom. The number of nitrogens with one attached hydrogen (secondary N) is 1. The van der Waals surface area contributed by atoms with Crippen LogP contribution in [0.4, 0.5) is 4.39 Å². The molecule has 0 aliphatic carbocycles. The van der Waals surface area contributed by atoms with Gasteiger partial charge >= 0.3 is 0 Å². The molecular weight excluding hydrogens is 273 g/mol. The first-order chi connectivity index (χ1) is 7.50. The largest absolute Gasteiger partial charge is 0.392 e. The molecule has 0 fully saturated rings. The molecule has 0 radical (unpaired) electrons. The molecular formula is C12H17BrFNO. The fraction of sp³-hybridized carbons (Fsp3) is 0.500. The summed E-state index contributed by atoms with van der Waals surface area (Å²) in [6.45, 7) is 5.12. The number of benzene rings is 1. The fourth-order valence-electron chi connectivity index (χ4n) is 1.25. The first-order valence-electron chi connectivity index (χ1n) is 5.33. The molecule has 4 heteroatoms. The summed E-state index contributed by atoms with van der Waals surface area (Å²) in [6, 6.07) is 4.90. The third-order valence-corrected chi connectivity index (χ3v) is 3.04. The standard InChI is InChI=1S/C12H17BrFNO/c1-8(2)12(16)7-15-6-9-3-4-11(14)10(13)5-9/h3-5,8,12,15-16H,6-7H2,1-2H3. The molecule has 2 N–H and O–H groups in total. The van der Waals surface area contributed by atoms with Crippen molar-refractivity contribution in [3.8, 4) is 0 Å². The lowest BCUT2D eigenvalue weighted by atomic mass is 10.1. The zero-order chi connectivity index (χ0) is 12.1. The Bertz CT molecular complexity index is 344. The molecule has 1 rings (SSSR count). The van der Waals surface area contributed by atoms with E-state index in [1.54, 1.807) is 12.1 Å². The Labute approximate surface area is 104 Å². The molecule has 0 heterocycles. The summed E-state index contributed by atoms with van der Waals surface area (Å²) in [6.07, 6.45) is -0.344. The number of aliphatic hydroxyl groups excluding tert-OH is 1. The SMILES string of the molecule is CC(C)C(O)CNCc1ccc(F)c(Br)c1. The molecule has 1 aromatic rings. The van der Waals surface area contributed by atoms with Crippen LogP contribution >= 0.6 is 15.9 Å². The Balaban J connectivity index is 2.40. The number of hydrogen-bond donors (Lipinski definition) is 2. The van der Waals surface area contributed by atoms with Crippen LogP contribution in [0, 0.1) is 11.7 Å². The van der Waals surface area contributed by atoms with Gasteiger partial charge in [-0.05, 0) is 39.5 Å². The zero-order valence-corrected chi connectivity index (χ0v) is 11.1. The van der Waals surface area contributed by atoms with Gasteiger partial charge in [0.05, 0.1) is 10.6 Å². The maximum atomic E-state index is 12.9. The van der Waals surface area contributed by atoms with Crippen molar-refractivity contribution in [1.82, 2.24) is 5.32 Å². The van der Waals surface area contributed by atoms with Crippen molar-refractivity contribution >= 4 is 15.9 Å². The summed E-state index contributed by atoms with van der Waals surface area (Å²) >= 11 is 3.14. The molecule has 0 aromatic heterocycles. The molecule has 1 aromatic carbocycles. The number of rotatable bonds is 5. The van der Waals surface area contributed by atoms with Crippen molar-refractivity contribution in [2.45, 2.75) is 26.5 Å². The van der Waals surface area contributed by atoms with Gasteiger partial charge in [0.1, 0.15) is 5.82 Å². The number of halogens is 2. The maximum Gasteiger partial charge on any atom is 0.137 e. The molecule has 0 aliphatic rings. The lowest BCUT2D eigenvalue weighted by Crippen LogP contribution is -2.30. The molecule has 0 amide bonds. The smallest absolute Gasteiger partial charge is 0.137 e. The highest BCUT2D eigenvalue weighted by atomic mass is 79.9. The first-order valence-corrected chi connectivity index (χ1v) is 6.12. The van der Waals surface area contributed by atoms with E-state index < -0.39 is 0 Å². The minimum atomic E-state index is -0.344. The second-order valence-electron chi connectivity index (χ2n) is 4.19. The van der Waals surface area contributed by atoms with Gasteiger partial charge in [0, 0.05) is 13.1 Å². The predicted molar refractivity (Wildman–Crippen MR) is 66.7 cm³/mol. The van der Waals surface area contributed by atoms with Crippen LogP contribution in [0.3, 0.4) is 0 Å². The van der Waals surface area contributed by atoms with Crippen molar-refractivity contribution in [2.24, 2.45) is 5.92 Å². The molecule has 0 saturated heterocycles. The first kappa shape index (κ1) is 13.6. The van der Waals surface area contributed by atoms with E-state index in [-0.39, 0.29) is 17.8 Å². The van der Waals surface area contributed by atoms with Gasteiger partial charge in [-0.3, -0.25) is 0 Å². The Morgan fingerprint density at radius 1 is 1.44 bits per heavy atom. The molecule has 0 bridgehead atoms. The van der Waals surface area contributed by atoms with Crippen LogP contribution in [0.2, 0.25) is 0 Å². The van der Waals surface area contributed by atoms with Crippen LogP contribution in [0.25, 0.3) is 0 Å². The fourth-order valence-corrected chi connectivity index (χ4v) is 1.68. The van der Waals surface area contributed by atoms with Gasteiger partial charge in [-0.2, -0.15) is 0 Å². The normalized spacial score (nSPS) is 13.1. The third kappa shape index (κ3) is 4.20. The topological polar surface area (TPSA) is 32.3 Å².